The summed E-state index contributed by atoms with van der Waals surface area (Å²) in [6.45, 7) is 3.21. The minimum absolute atomic E-state index is 0.649. The largest absolute Gasteiger partial charge is 0.324 e. The topological polar surface area (TPSA) is 17.8 Å². The Morgan fingerprint density at radius 1 is 0.885 bits per heavy atom. The van der Waals surface area contributed by atoms with Crippen LogP contribution in [0, 0.1) is 0 Å². The van der Waals surface area contributed by atoms with Gasteiger partial charge in [0.25, 0.3) is 0 Å². The number of halogens is 2. The monoisotopic (exact) mass is 386 g/mol. The molecule has 0 saturated heterocycles. The second-order valence-corrected chi connectivity index (χ2v) is 7.31. The molecule has 26 heavy (non-hydrogen) atoms. The molecule has 0 spiro atoms. The molecule has 0 aliphatic carbocycles. The van der Waals surface area contributed by atoms with Crippen LogP contribution >= 0.6 is 23.2 Å². The van der Waals surface area contributed by atoms with E-state index in [9.17, 15) is 0 Å². The Kier molecular flexibility index (Phi) is 6.76. The van der Waals surface area contributed by atoms with Crippen molar-refractivity contribution in [3.05, 3.63) is 63.9 Å². The predicted octanol–water partition coefficient (Wildman–Crippen LogP) is 7.48. The molecule has 0 amide bonds. The van der Waals surface area contributed by atoms with Crippen LogP contribution in [0.5, 0.6) is 0 Å². The molecule has 0 aliphatic rings. The number of hydrogen-bond donors (Lipinski definition) is 0. The van der Waals surface area contributed by atoms with Crippen molar-refractivity contribution in [1.29, 1.82) is 0 Å². The van der Waals surface area contributed by atoms with Crippen LogP contribution in [0.2, 0.25) is 10.0 Å². The summed E-state index contributed by atoms with van der Waals surface area (Å²) < 4.78 is 2.29. The lowest BCUT2D eigenvalue weighted by molar-refractivity contribution is 0.573. The van der Waals surface area contributed by atoms with E-state index in [1.165, 1.54) is 31.2 Å². The maximum atomic E-state index is 6.28. The van der Waals surface area contributed by atoms with Gasteiger partial charge in [-0.05, 0) is 42.8 Å². The van der Waals surface area contributed by atoms with Crippen LogP contribution in [-0.4, -0.2) is 9.55 Å². The van der Waals surface area contributed by atoms with Crippen molar-refractivity contribution < 1.29 is 0 Å². The second kappa shape index (κ2) is 9.25. The second-order valence-electron chi connectivity index (χ2n) is 6.49. The molecule has 1 aromatic heterocycles. The average molecular weight is 387 g/mol. The van der Waals surface area contributed by atoms with Crippen LogP contribution in [0.15, 0.2) is 42.5 Å². The molecule has 2 aromatic carbocycles. The van der Waals surface area contributed by atoms with Gasteiger partial charge in [-0.2, -0.15) is 0 Å². The summed E-state index contributed by atoms with van der Waals surface area (Å²) in [7, 11) is 0. The van der Waals surface area contributed by atoms with Crippen molar-refractivity contribution in [1.82, 2.24) is 9.55 Å². The SMILES string of the molecule is CCCCCCCn1c(/C=C/c2c(Cl)cccc2Cl)nc2ccccc21. The standard InChI is InChI=1S/C22H24Cl2N2/c1-2-3-4-5-8-16-26-21-13-7-6-12-20(21)25-22(26)15-14-17-18(23)10-9-11-19(17)24/h6-7,9-15H,2-5,8,16H2,1H3/b15-14+. The van der Waals surface area contributed by atoms with Crippen LogP contribution in [-0.2, 0) is 6.54 Å². The molecular formula is C22H24Cl2N2. The van der Waals surface area contributed by atoms with Gasteiger partial charge in [-0.3, -0.25) is 0 Å². The maximum absolute atomic E-state index is 6.28. The number of aromatic nitrogens is 2. The van der Waals surface area contributed by atoms with Gasteiger partial charge in [0.15, 0.2) is 0 Å². The number of fused-ring (bicyclic) bond motifs is 1. The van der Waals surface area contributed by atoms with Gasteiger partial charge in [0.1, 0.15) is 5.82 Å². The van der Waals surface area contributed by atoms with Crippen molar-refractivity contribution >= 4 is 46.4 Å². The third-order valence-corrected chi connectivity index (χ3v) is 5.23. The highest BCUT2D eigenvalue weighted by Gasteiger charge is 2.09. The highest BCUT2D eigenvalue weighted by atomic mass is 35.5. The Balaban J connectivity index is 1.87. The van der Waals surface area contributed by atoms with Crippen LogP contribution < -0.4 is 0 Å². The number of rotatable bonds is 8. The minimum Gasteiger partial charge on any atom is -0.324 e. The van der Waals surface area contributed by atoms with Crippen molar-refractivity contribution in [2.75, 3.05) is 0 Å². The van der Waals surface area contributed by atoms with Gasteiger partial charge >= 0.3 is 0 Å². The summed E-state index contributed by atoms with van der Waals surface area (Å²) in [4.78, 5) is 4.79. The first-order valence-corrected chi connectivity index (χ1v) is 10.0. The zero-order chi connectivity index (χ0) is 18.4. The summed E-state index contributed by atoms with van der Waals surface area (Å²) in [5, 5.41) is 1.30. The third kappa shape index (κ3) is 4.49. The van der Waals surface area contributed by atoms with Crippen LogP contribution in [0.1, 0.15) is 50.4 Å². The Bertz CT molecular complexity index is 876. The van der Waals surface area contributed by atoms with Crippen LogP contribution in [0.3, 0.4) is 0 Å². The first-order valence-electron chi connectivity index (χ1n) is 9.28. The first-order chi connectivity index (χ1) is 12.7. The summed E-state index contributed by atoms with van der Waals surface area (Å²) in [5.74, 6) is 0.942. The smallest absolute Gasteiger partial charge is 0.133 e. The summed E-state index contributed by atoms with van der Waals surface area (Å²) in [6, 6.07) is 13.8. The van der Waals surface area contributed by atoms with E-state index in [1.54, 1.807) is 0 Å². The molecule has 0 saturated carbocycles. The minimum atomic E-state index is 0.649. The van der Waals surface area contributed by atoms with E-state index < -0.39 is 0 Å². The first kappa shape index (κ1) is 19.0. The lowest BCUT2D eigenvalue weighted by Gasteiger charge is -2.07. The molecule has 2 nitrogen and oxygen atoms in total. The van der Waals surface area contributed by atoms with Gasteiger partial charge in [0.05, 0.1) is 11.0 Å². The number of imidazole rings is 1. The molecule has 1 heterocycles. The van der Waals surface area contributed by atoms with Gasteiger partial charge in [0, 0.05) is 22.2 Å². The number of unbranched alkanes of at least 4 members (excludes halogenated alkanes) is 4. The molecule has 0 unspecified atom stereocenters. The molecule has 0 bridgehead atoms. The molecule has 0 atom stereocenters. The zero-order valence-electron chi connectivity index (χ0n) is 15.1. The Labute approximate surface area is 165 Å². The lowest BCUT2D eigenvalue weighted by atomic mass is 10.1. The molecular weight excluding hydrogens is 363 g/mol. The summed E-state index contributed by atoms with van der Waals surface area (Å²) >= 11 is 12.6. The van der Waals surface area contributed by atoms with Crippen LogP contribution in [0.25, 0.3) is 23.2 Å². The zero-order valence-corrected chi connectivity index (χ0v) is 16.6. The van der Waals surface area contributed by atoms with E-state index in [1.807, 2.05) is 36.4 Å². The number of hydrogen-bond acceptors (Lipinski definition) is 1. The van der Waals surface area contributed by atoms with Gasteiger partial charge in [-0.1, -0.05) is 74.0 Å². The quantitative estimate of drug-likeness (QED) is 0.366. The fraction of sp³-hybridized carbons (Fsp3) is 0.318. The Hall–Kier alpha value is -1.77. The highest BCUT2D eigenvalue weighted by Crippen LogP contribution is 2.27. The van der Waals surface area contributed by atoms with E-state index in [0.29, 0.717) is 10.0 Å². The van der Waals surface area contributed by atoms with E-state index in [-0.39, 0.29) is 0 Å². The molecule has 4 heteroatoms. The molecule has 0 fully saturated rings. The van der Waals surface area contributed by atoms with E-state index in [4.69, 9.17) is 28.2 Å². The van der Waals surface area contributed by atoms with E-state index in [2.05, 4.69) is 29.7 Å². The summed E-state index contributed by atoms with van der Waals surface area (Å²) in [5.41, 5.74) is 3.02. The molecule has 0 N–H and O–H groups in total. The molecule has 0 radical (unpaired) electrons. The molecule has 3 aromatic rings. The van der Waals surface area contributed by atoms with Crippen LogP contribution in [0.4, 0.5) is 0 Å². The number of para-hydroxylation sites is 2. The van der Waals surface area contributed by atoms with Gasteiger partial charge < -0.3 is 4.57 Å². The van der Waals surface area contributed by atoms with Gasteiger partial charge in [0.2, 0.25) is 0 Å². The number of benzene rings is 2. The van der Waals surface area contributed by atoms with Gasteiger partial charge in [-0.15, -0.1) is 0 Å². The molecule has 136 valence electrons. The lowest BCUT2D eigenvalue weighted by Crippen LogP contribution is -2.00. The fourth-order valence-electron chi connectivity index (χ4n) is 3.16. The normalized spacial score (nSPS) is 11.7. The van der Waals surface area contributed by atoms with Crippen molar-refractivity contribution in [3.63, 3.8) is 0 Å². The number of nitrogens with zero attached hydrogens (tertiary/aromatic N) is 2. The van der Waals surface area contributed by atoms with Gasteiger partial charge in [-0.25, -0.2) is 4.98 Å². The van der Waals surface area contributed by atoms with E-state index in [0.717, 1.165) is 29.9 Å². The summed E-state index contributed by atoms with van der Waals surface area (Å²) in [6.07, 6.45) is 10.2. The Morgan fingerprint density at radius 2 is 1.62 bits per heavy atom. The Morgan fingerprint density at radius 3 is 2.38 bits per heavy atom. The average Bonchev–Trinajstić information content (AvgIpc) is 2.99. The molecule has 3 rings (SSSR count). The fourth-order valence-corrected chi connectivity index (χ4v) is 3.68. The maximum Gasteiger partial charge on any atom is 0.133 e. The highest BCUT2D eigenvalue weighted by molar-refractivity contribution is 6.37. The van der Waals surface area contributed by atoms with E-state index >= 15 is 0 Å². The molecule has 0 aliphatic heterocycles. The number of aryl methyl sites for hydroxylation is 1. The third-order valence-electron chi connectivity index (χ3n) is 4.57. The van der Waals surface area contributed by atoms with Crippen molar-refractivity contribution in [2.24, 2.45) is 0 Å². The van der Waals surface area contributed by atoms with Crippen molar-refractivity contribution in [3.8, 4) is 0 Å². The predicted molar refractivity (Wildman–Crippen MR) is 114 cm³/mol. The van der Waals surface area contributed by atoms with Crippen molar-refractivity contribution in [2.45, 2.75) is 45.6 Å².